The Labute approximate surface area is 258 Å². The van der Waals surface area contributed by atoms with Gasteiger partial charge in [0.2, 0.25) is 5.69 Å². The van der Waals surface area contributed by atoms with Gasteiger partial charge in [-0.1, -0.05) is 84.9 Å². The van der Waals surface area contributed by atoms with E-state index < -0.39 is 11.6 Å². The Balaban J connectivity index is 1.64. The second-order valence-electron chi connectivity index (χ2n) is 15.2. The average Bonchev–Trinajstić information content (AvgIpc) is 2.90. The van der Waals surface area contributed by atoms with Gasteiger partial charge in [0.25, 0.3) is 0 Å². The molecule has 2 nitrogen and oxygen atoms in total. The lowest BCUT2D eigenvalue weighted by Gasteiger charge is -2.28. The van der Waals surface area contributed by atoms with Crippen LogP contribution in [0.1, 0.15) is 70.7 Å². The van der Waals surface area contributed by atoms with Crippen LogP contribution in [-0.4, -0.2) is 6.18 Å². The van der Waals surface area contributed by atoms with E-state index in [1.165, 1.54) is 41.3 Å². The molecule has 230 valence electrons. The number of fused-ring (bicyclic) bond motifs is 5. The number of aryl methyl sites for hydroxylation is 2. The van der Waals surface area contributed by atoms with Gasteiger partial charge in [-0.2, -0.15) is 13.2 Å². The van der Waals surface area contributed by atoms with Crippen molar-refractivity contribution in [3.05, 3.63) is 77.0 Å². The number of hydrogen-bond donors (Lipinski definition) is 0. The van der Waals surface area contributed by atoms with Gasteiger partial charge in [-0.05, 0) is 81.8 Å². The Morgan fingerprint density at radius 1 is 0.795 bits per heavy atom. The molecule has 0 aliphatic carbocycles. The second kappa shape index (κ2) is 10.2. The number of halogens is 3. The summed E-state index contributed by atoms with van der Waals surface area (Å²) in [6.07, 6.45) is -0.416. The van der Waals surface area contributed by atoms with Crippen molar-refractivity contribution in [3.8, 4) is 22.8 Å². The van der Waals surface area contributed by atoms with E-state index in [-0.39, 0.29) is 11.8 Å². The summed E-state index contributed by atoms with van der Waals surface area (Å²) >= 11 is 0. The van der Waals surface area contributed by atoms with Gasteiger partial charge in [0.1, 0.15) is 18.5 Å². The summed E-state index contributed by atoms with van der Waals surface area (Å²) in [5, 5.41) is 6.40. The van der Waals surface area contributed by atoms with Crippen molar-refractivity contribution in [1.82, 2.24) is 0 Å². The quantitative estimate of drug-likeness (QED) is 0.142. The van der Waals surface area contributed by atoms with Crippen LogP contribution in [0, 0.1) is 23.7 Å². The summed E-state index contributed by atoms with van der Waals surface area (Å²) in [5.41, 5.74) is 4.96. The van der Waals surface area contributed by atoms with Crippen molar-refractivity contribution >= 4 is 32.3 Å². The first-order valence-corrected chi connectivity index (χ1v) is 15.7. The topological polar surface area (TPSA) is 13.1 Å². The van der Waals surface area contributed by atoms with Crippen LogP contribution < -0.4 is 9.30 Å². The molecule has 0 radical (unpaired) electrons. The number of hydrogen-bond acceptors (Lipinski definition) is 1. The molecule has 0 fully saturated rings. The Morgan fingerprint density at radius 2 is 1.45 bits per heavy atom. The van der Waals surface area contributed by atoms with Crippen molar-refractivity contribution in [3.63, 3.8) is 0 Å². The fourth-order valence-electron chi connectivity index (χ4n) is 6.98. The summed E-state index contributed by atoms with van der Waals surface area (Å²) < 4.78 is 50.4. The third kappa shape index (κ3) is 5.12. The third-order valence-electron chi connectivity index (χ3n) is 9.16. The summed E-state index contributed by atoms with van der Waals surface area (Å²) in [4.78, 5) is 0. The predicted molar refractivity (Wildman–Crippen MR) is 176 cm³/mol. The minimum atomic E-state index is -4.28. The van der Waals surface area contributed by atoms with Crippen LogP contribution in [0.5, 0.6) is 11.5 Å². The van der Waals surface area contributed by atoms with E-state index in [1.807, 2.05) is 18.2 Å². The highest BCUT2D eigenvalue weighted by Gasteiger charge is 2.47. The first-order chi connectivity index (χ1) is 20.4. The molecule has 44 heavy (non-hydrogen) atoms. The van der Waals surface area contributed by atoms with E-state index >= 15 is 0 Å². The number of aromatic nitrogens is 1. The van der Waals surface area contributed by atoms with Crippen molar-refractivity contribution < 1.29 is 22.5 Å². The fraction of sp³-hybridized carbons (Fsp3) is 0.410. The Kier molecular flexibility index (Phi) is 7.07. The van der Waals surface area contributed by atoms with Gasteiger partial charge in [0.05, 0.1) is 16.4 Å². The zero-order valence-corrected chi connectivity index (χ0v) is 27.4. The van der Waals surface area contributed by atoms with E-state index in [9.17, 15) is 13.2 Å². The van der Waals surface area contributed by atoms with Crippen LogP contribution in [0.3, 0.4) is 0 Å². The zero-order valence-electron chi connectivity index (χ0n) is 27.4. The van der Waals surface area contributed by atoms with Crippen molar-refractivity contribution in [2.75, 3.05) is 0 Å². The first kappa shape index (κ1) is 30.4. The predicted octanol–water partition coefficient (Wildman–Crippen LogP) is 11.0. The summed E-state index contributed by atoms with van der Waals surface area (Å²) in [7, 11) is 2.07. The standard InChI is InChI=1S/C39H43F3NO/c1-22(2)16-31-27-13-11-24(20-37(4,5)6)17-29(27)23(3)33-35-34-28(14-15-43(35)9)30-18-25(21-38(7,8)39(40,41)42)10-12-26(30)19-32(34)44-36(31)33/h10-15,17-19,22H,16,20-21H2,1-9H3/q+1. The highest BCUT2D eigenvalue weighted by molar-refractivity contribution is 6.16. The smallest absolute Gasteiger partial charge is 0.394 e. The fourth-order valence-corrected chi connectivity index (χ4v) is 6.98. The van der Waals surface area contributed by atoms with Gasteiger partial charge in [0.15, 0.2) is 6.20 Å². The number of pyridine rings is 1. The van der Waals surface area contributed by atoms with E-state index in [4.69, 9.17) is 4.74 Å². The van der Waals surface area contributed by atoms with E-state index in [0.717, 1.165) is 57.1 Å². The molecule has 5 heteroatoms. The molecule has 6 rings (SSSR count). The van der Waals surface area contributed by atoms with Crippen LogP contribution in [0.4, 0.5) is 13.2 Å². The number of benzene rings is 4. The average molecular weight is 599 g/mol. The van der Waals surface area contributed by atoms with Crippen LogP contribution in [0.2, 0.25) is 0 Å². The number of alkyl halides is 3. The molecule has 0 bridgehead atoms. The van der Waals surface area contributed by atoms with Crippen LogP contribution in [0.25, 0.3) is 43.6 Å². The summed E-state index contributed by atoms with van der Waals surface area (Å²) in [5.74, 6) is 2.15. The number of rotatable bonds is 5. The molecule has 2 heterocycles. The zero-order chi connectivity index (χ0) is 31.9. The minimum Gasteiger partial charge on any atom is -0.455 e. The molecule has 0 saturated carbocycles. The van der Waals surface area contributed by atoms with Gasteiger partial charge in [-0.3, -0.25) is 0 Å². The van der Waals surface area contributed by atoms with Crippen molar-refractivity contribution in [2.45, 2.75) is 80.8 Å². The Morgan fingerprint density at radius 3 is 2.11 bits per heavy atom. The molecule has 1 aromatic heterocycles. The molecule has 0 spiro atoms. The first-order valence-electron chi connectivity index (χ1n) is 15.7. The van der Waals surface area contributed by atoms with Gasteiger partial charge in [0, 0.05) is 17.0 Å². The summed E-state index contributed by atoms with van der Waals surface area (Å²) in [6, 6.07) is 16.8. The monoisotopic (exact) mass is 598 g/mol. The molecule has 1 aliphatic rings. The van der Waals surface area contributed by atoms with Gasteiger partial charge in [-0.15, -0.1) is 0 Å². The lowest BCUT2D eigenvalue weighted by atomic mass is 9.82. The third-order valence-corrected chi connectivity index (χ3v) is 9.16. The minimum absolute atomic E-state index is 0.0803. The van der Waals surface area contributed by atoms with Gasteiger partial charge >= 0.3 is 6.18 Å². The molecule has 0 saturated heterocycles. The molecular weight excluding hydrogens is 555 g/mol. The molecule has 0 atom stereocenters. The maximum atomic E-state index is 13.8. The largest absolute Gasteiger partial charge is 0.455 e. The van der Waals surface area contributed by atoms with Gasteiger partial charge < -0.3 is 4.74 Å². The maximum absolute atomic E-state index is 13.8. The molecule has 1 aliphatic heterocycles. The molecule has 4 aromatic carbocycles. The van der Waals surface area contributed by atoms with E-state index in [1.54, 1.807) is 0 Å². The SMILES string of the molecule is Cc1c2c(c(CC(C)C)c3ccc(CC(C)(C)C)cc13)Oc1cc3ccc(CC(C)(C)C(F)(F)F)cc3c3cc[n+](C)c-2c13. The maximum Gasteiger partial charge on any atom is 0.394 e. The molecular formula is C39H43F3NO+. The van der Waals surface area contributed by atoms with E-state index in [2.05, 4.69) is 89.7 Å². The van der Waals surface area contributed by atoms with E-state index in [0.29, 0.717) is 11.5 Å². The molecule has 0 amide bonds. The molecule has 5 aromatic rings. The van der Waals surface area contributed by atoms with Crippen molar-refractivity contribution in [1.29, 1.82) is 0 Å². The highest BCUT2D eigenvalue weighted by atomic mass is 19.4. The van der Waals surface area contributed by atoms with Crippen LogP contribution >= 0.6 is 0 Å². The normalized spacial score (nSPS) is 13.7. The van der Waals surface area contributed by atoms with Crippen LogP contribution in [0.15, 0.2) is 54.7 Å². The number of nitrogens with zero attached hydrogens (tertiary/aromatic N) is 1. The molecule has 0 unspecified atom stereocenters. The highest BCUT2D eigenvalue weighted by Crippen LogP contribution is 2.52. The number of ether oxygens (including phenoxy) is 1. The lowest BCUT2D eigenvalue weighted by Crippen LogP contribution is -2.34. The summed E-state index contributed by atoms with van der Waals surface area (Å²) in [6.45, 7) is 16.0. The Hall–Kier alpha value is -3.60. The molecule has 0 N–H and O–H groups in total. The van der Waals surface area contributed by atoms with Gasteiger partial charge in [-0.25, -0.2) is 4.57 Å². The lowest BCUT2D eigenvalue weighted by molar-refractivity contribution is -0.659. The second-order valence-corrected chi connectivity index (χ2v) is 15.2. The van der Waals surface area contributed by atoms with Crippen LogP contribution in [-0.2, 0) is 26.3 Å². The van der Waals surface area contributed by atoms with Crippen molar-refractivity contribution in [2.24, 2.45) is 23.8 Å². The Bertz CT molecular complexity index is 1960.